The first kappa shape index (κ1) is 18.8. The third-order valence-electron chi connectivity index (χ3n) is 4.82. The van der Waals surface area contributed by atoms with Crippen LogP contribution in [0.25, 0.3) is 5.69 Å². The maximum atomic E-state index is 12.5. The van der Waals surface area contributed by atoms with Crippen molar-refractivity contribution in [1.29, 1.82) is 0 Å². The van der Waals surface area contributed by atoms with E-state index in [1.54, 1.807) is 16.5 Å². The number of ether oxygens (including phenoxy) is 1. The first-order valence-electron chi connectivity index (χ1n) is 8.99. The topological polar surface area (TPSA) is 69.6 Å². The highest BCUT2D eigenvalue weighted by atomic mass is 32.1. The number of methoxy groups -OCH3 is 1. The molecule has 0 unspecified atom stereocenters. The Morgan fingerprint density at radius 3 is 2.61 bits per heavy atom. The zero-order valence-corrected chi connectivity index (χ0v) is 17.1. The second-order valence-corrected chi connectivity index (χ2v) is 7.86. The van der Waals surface area contributed by atoms with Crippen molar-refractivity contribution in [2.24, 2.45) is 0 Å². The molecule has 4 rings (SSSR count). The molecule has 0 atom stereocenters. The Balaban J connectivity index is 1.38. The van der Waals surface area contributed by atoms with E-state index in [1.165, 1.54) is 16.2 Å². The van der Waals surface area contributed by atoms with Crippen LogP contribution in [0.2, 0.25) is 0 Å². The van der Waals surface area contributed by atoms with Gasteiger partial charge in [0.25, 0.3) is 5.91 Å². The zero-order valence-electron chi connectivity index (χ0n) is 15.4. The van der Waals surface area contributed by atoms with Crippen LogP contribution in [0, 0.1) is 4.77 Å². The third-order valence-corrected chi connectivity index (χ3v) is 6.06. The van der Waals surface area contributed by atoms with Gasteiger partial charge in [0.15, 0.2) is 6.67 Å². The molecule has 1 fully saturated rings. The van der Waals surface area contributed by atoms with Crippen molar-refractivity contribution in [3.8, 4) is 11.4 Å². The number of thiophene rings is 1. The van der Waals surface area contributed by atoms with E-state index >= 15 is 0 Å². The van der Waals surface area contributed by atoms with E-state index in [1.807, 2.05) is 46.7 Å². The highest BCUT2D eigenvalue weighted by Crippen LogP contribution is 2.14. The Morgan fingerprint density at radius 2 is 1.96 bits per heavy atom. The molecular weight excluding hydrogens is 396 g/mol. The minimum absolute atomic E-state index is 0.121. The summed E-state index contributed by atoms with van der Waals surface area (Å²) in [6, 6.07) is 11.3. The molecule has 3 aromatic rings. The fourth-order valence-electron chi connectivity index (χ4n) is 3.21. The minimum atomic E-state index is 0.121. The molecular formula is C18H21N6O2S2+. The summed E-state index contributed by atoms with van der Waals surface area (Å²) in [4.78, 5) is 16.5. The number of aromatic nitrogens is 4. The fraction of sp³-hybridized carbons (Fsp3) is 0.333. The number of carbonyl (C=O) groups is 1. The van der Waals surface area contributed by atoms with Gasteiger partial charge in [0.2, 0.25) is 4.77 Å². The lowest BCUT2D eigenvalue weighted by molar-refractivity contribution is -0.927. The van der Waals surface area contributed by atoms with Crippen molar-refractivity contribution in [2.75, 3.05) is 33.3 Å². The molecule has 0 spiro atoms. The standard InChI is InChI=1S/C18H20N6O2S2/c1-26-15-6-4-14(5-7-15)24-18(27)23(19-20-24)13-21-8-10-22(11-9-21)17(25)16-3-2-12-28-16/h2-7,12H,8-11,13H2,1H3/p+1. The number of hydrogen-bond acceptors (Lipinski definition) is 6. The molecule has 1 aliphatic rings. The Labute approximate surface area is 171 Å². The number of nitrogens with zero attached hydrogens (tertiary/aromatic N) is 5. The van der Waals surface area contributed by atoms with E-state index in [9.17, 15) is 4.79 Å². The molecule has 28 heavy (non-hydrogen) atoms. The molecule has 1 aromatic carbocycles. The van der Waals surface area contributed by atoms with Crippen LogP contribution in [0.3, 0.4) is 0 Å². The van der Waals surface area contributed by atoms with Gasteiger partial charge in [-0.15, -0.1) is 11.3 Å². The molecule has 1 N–H and O–H groups in total. The lowest BCUT2D eigenvalue weighted by atomic mass is 10.3. The summed E-state index contributed by atoms with van der Waals surface area (Å²) in [5.74, 6) is 0.901. The molecule has 8 nitrogen and oxygen atoms in total. The first-order valence-corrected chi connectivity index (χ1v) is 10.3. The van der Waals surface area contributed by atoms with Gasteiger partial charge >= 0.3 is 0 Å². The van der Waals surface area contributed by atoms with Crippen LogP contribution < -0.4 is 9.64 Å². The average molecular weight is 418 g/mol. The van der Waals surface area contributed by atoms with Gasteiger partial charge in [0, 0.05) is 0 Å². The second kappa shape index (κ2) is 8.21. The number of rotatable bonds is 5. The quantitative estimate of drug-likeness (QED) is 0.624. The summed E-state index contributed by atoms with van der Waals surface area (Å²) in [5.41, 5.74) is 0.846. The number of nitrogens with one attached hydrogen (secondary N) is 1. The molecule has 0 bridgehead atoms. The monoisotopic (exact) mass is 417 g/mol. The number of quaternary nitrogens is 1. The number of hydrogen-bond donors (Lipinski definition) is 1. The van der Waals surface area contributed by atoms with Crippen LogP contribution in [0.1, 0.15) is 9.67 Å². The third kappa shape index (κ3) is 3.84. The number of piperazine rings is 1. The summed E-state index contributed by atoms with van der Waals surface area (Å²) in [6.07, 6.45) is 0. The Hall–Kier alpha value is -2.56. The van der Waals surface area contributed by atoms with Crippen LogP contribution in [0.15, 0.2) is 41.8 Å². The fourth-order valence-corrected chi connectivity index (χ4v) is 4.14. The van der Waals surface area contributed by atoms with Crippen molar-refractivity contribution in [2.45, 2.75) is 6.67 Å². The number of carbonyl (C=O) groups excluding carboxylic acids is 1. The van der Waals surface area contributed by atoms with E-state index in [4.69, 9.17) is 17.0 Å². The van der Waals surface area contributed by atoms with Gasteiger partial charge in [-0.3, -0.25) is 4.79 Å². The van der Waals surface area contributed by atoms with Crippen molar-refractivity contribution in [1.82, 2.24) is 24.7 Å². The van der Waals surface area contributed by atoms with Gasteiger partial charge in [-0.25, -0.2) is 0 Å². The summed E-state index contributed by atoms with van der Waals surface area (Å²) in [5, 5.41) is 10.3. The summed E-state index contributed by atoms with van der Waals surface area (Å²) >= 11 is 7.04. The van der Waals surface area contributed by atoms with E-state index in [0.29, 0.717) is 11.4 Å². The molecule has 1 amide bonds. The van der Waals surface area contributed by atoms with Gasteiger partial charge in [-0.05, 0) is 58.4 Å². The van der Waals surface area contributed by atoms with Crippen LogP contribution >= 0.6 is 23.6 Å². The van der Waals surface area contributed by atoms with Gasteiger partial charge in [0.05, 0.1) is 43.9 Å². The lowest BCUT2D eigenvalue weighted by Gasteiger charge is -2.31. The van der Waals surface area contributed by atoms with Crippen molar-refractivity contribution < 1.29 is 14.4 Å². The van der Waals surface area contributed by atoms with Crippen molar-refractivity contribution in [3.05, 3.63) is 51.4 Å². The molecule has 0 aliphatic carbocycles. The largest absolute Gasteiger partial charge is 0.497 e. The number of tetrazole rings is 1. The number of benzene rings is 1. The Kier molecular flexibility index (Phi) is 5.51. The average Bonchev–Trinajstić information content (AvgIpc) is 3.39. The highest BCUT2D eigenvalue weighted by Gasteiger charge is 2.25. The predicted octanol–water partition coefficient (Wildman–Crippen LogP) is 0.867. The lowest BCUT2D eigenvalue weighted by Crippen LogP contribution is -3.14. The molecule has 1 saturated heterocycles. The smallest absolute Gasteiger partial charge is 0.264 e. The van der Waals surface area contributed by atoms with E-state index in [0.717, 1.165) is 42.5 Å². The Bertz CT molecular complexity index is 988. The second-order valence-electron chi connectivity index (χ2n) is 6.55. The predicted molar refractivity (Wildman–Crippen MR) is 108 cm³/mol. The van der Waals surface area contributed by atoms with E-state index < -0.39 is 0 Å². The van der Waals surface area contributed by atoms with Gasteiger partial charge in [-0.2, -0.15) is 9.36 Å². The van der Waals surface area contributed by atoms with E-state index in [2.05, 4.69) is 10.4 Å². The molecule has 146 valence electrons. The van der Waals surface area contributed by atoms with Crippen LogP contribution in [0.4, 0.5) is 0 Å². The van der Waals surface area contributed by atoms with Gasteiger partial charge < -0.3 is 14.5 Å². The van der Waals surface area contributed by atoms with E-state index in [-0.39, 0.29) is 5.91 Å². The maximum absolute atomic E-state index is 12.5. The Morgan fingerprint density at radius 1 is 1.21 bits per heavy atom. The number of amides is 1. The van der Waals surface area contributed by atoms with Gasteiger partial charge in [0.1, 0.15) is 5.75 Å². The molecule has 0 radical (unpaired) electrons. The van der Waals surface area contributed by atoms with Crippen LogP contribution in [-0.2, 0) is 6.67 Å². The van der Waals surface area contributed by atoms with Crippen molar-refractivity contribution in [3.63, 3.8) is 0 Å². The summed E-state index contributed by atoms with van der Waals surface area (Å²) in [7, 11) is 1.63. The molecule has 3 heterocycles. The molecule has 10 heteroatoms. The van der Waals surface area contributed by atoms with Gasteiger partial charge in [-0.1, -0.05) is 6.07 Å². The first-order chi connectivity index (χ1) is 13.7. The molecule has 1 aliphatic heterocycles. The maximum Gasteiger partial charge on any atom is 0.264 e. The van der Waals surface area contributed by atoms with Crippen molar-refractivity contribution >= 4 is 29.5 Å². The molecule has 2 aromatic heterocycles. The summed E-state index contributed by atoms with van der Waals surface area (Å²) < 4.78 is 9.12. The summed E-state index contributed by atoms with van der Waals surface area (Å²) in [6.45, 7) is 3.80. The normalized spacial score (nSPS) is 15.0. The SMILES string of the molecule is COc1ccc(-n2nnn(C[NH+]3CCN(C(=O)c4cccs4)CC3)c2=S)cc1. The van der Waals surface area contributed by atoms with Crippen LogP contribution in [-0.4, -0.2) is 63.9 Å². The minimum Gasteiger partial charge on any atom is -0.497 e. The highest BCUT2D eigenvalue weighted by molar-refractivity contribution is 7.71. The van der Waals surface area contributed by atoms with Crippen LogP contribution in [0.5, 0.6) is 5.75 Å². The zero-order chi connectivity index (χ0) is 19.5. The molecule has 0 saturated carbocycles.